The second-order valence-corrected chi connectivity index (χ2v) is 3.71. The number of rotatable bonds is 2. The van der Waals surface area contributed by atoms with Crippen LogP contribution in [0.3, 0.4) is 0 Å². The van der Waals surface area contributed by atoms with Gasteiger partial charge in [-0.05, 0) is 18.8 Å². The maximum absolute atomic E-state index is 10.6. The summed E-state index contributed by atoms with van der Waals surface area (Å²) >= 11 is 0. The Labute approximate surface area is 65.0 Å². The zero-order valence-corrected chi connectivity index (χ0v) is 6.29. The Kier molecular flexibility index (Phi) is 1.27. The monoisotopic (exact) mass is 156 g/mol. The Morgan fingerprint density at radius 3 is 2.73 bits per heavy atom. The van der Waals surface area contributed by atoms with Gasteiger partial charge in [0.05, 0.1) is 5.92 Å². The molecule has 0 heterocycles. The SMILES string of the molecule is O=C(O)C1C2CCCC21CO. The van der Waals surface area contributed by atoms with Crippen molar-refractivity contribution in [2.24, 2.45) is 17.3 Å². The third-order valence-electron chi connectivity index (χ3n) is 3.37. The standard InChI is InChI=1S/C8H12O3/c9-4-8-3-1-2-5(8)6(8)7(10)11/h5-6,9H,1-4H2,(H,10,11). The van der Waals surface area contributed by atoms with Crippen molar-refractivity contribution < 1.29 is 15.0 Å². The highest BCUT2D eigenvalue weighted by molar-refractivity contribution is 5.76. The molecule has 2 aliphatic carbocycles. The zero-order valence-electron chi connectivity index (χ0n) is 6.29. The number of carboxylic acid groups (broad SMARTS) is 1. The van der Waals surface area contributed by atoms with Crippen molar-refractivity contribution >= 4 is 5.97 Å². The summed E-state index contributed by atoms with van der Waals surface area (Å²) in [6.45, 7) is 0.0641. The van der Waals surface area contributed by atoms with E-state index in [1.165, 1.54) is 0 Å². The van der Waals surface area contributed by atoms with Crippen molar-refractivity contribution in [1.29, 1.82) is 0 Å². The largest absolute Gasteiger partial charge is 0.481 e. The van der Waals surface area contributed by atoms with E-state index < -0.39 is 5.97 Å². The molecular formula is C8H12O3. The lowest BCUT2D eigenvalue weighted by Crippen LogP contribution is -2.13. The van der Waals surface area contributed by atoms with Gasteiger partial charge in [-0.25, -0.2) is 0 Å². The van der Waals surface area contributed by atoms with E-state index in [-0.39, 0.29) is 23.9 Å². The Morgan fingerprint density at radius 2 is 2.36 bits per heavy atom. The minimum Gasteiger partial charge on any atom is -0.481 e. The molecule has 3 unspecified atom stereocenters. The summed E-state index contributed by atoms with van der Waals surface area (Å²) in [5, 5.41) is 17.8. The molecule has 0 aromatic carbocycles. The molecule has 2 N–H and O–H groups in total. The Bertz CT molecular complexity index is 202. The van der Waals surface area contributed by atoms with E-state index >= 15 is 0 Å². The molecule has 0 bridgehead atoms. The highest BCUT2D eigenvalue weighted by Gasteiger charge is 2.69. The Balaban J connectivity index is 2.15. The van der Waals surface area contributed by atoms with Gasteiger partial charge in [0.1, 0.15) is 0 Å². The highest BCUT2D eigenvalue weighted by Crippen LogP contribution is 2.68. The van der Waals surface area contributed by atoms with Crippen molar-refractivity contribution in [2.75, 3.05) is 6.61 Å². The predicted octanol–water partition coefficient (Wildman–Crippen LogP) is 0.480. The van der Waals surface area contributed by atoms with Crippen LogP contribution in [-0.2, 0) is 4.79 Å². The van der Waals surface area contributed by atoms with Crippen LogP contribution in [0.15, 0.2) is 0 Å². The van der Waals surface area contributed by atoms with Gasteiger partial charge in [0, 0.05) is 12.0 Å². The molecule has 2 rings (SSSR count). The average molecular weight is 156 g/mol. The number of hydrogen-bond acceptors (Lipinski definition) is 2. The number of hydrogen-bond donors (Lipinski definition) is 2. The van der Waals surface area contributed by atoms with E-state index in [1.54, 1.807) is 0 Å². The topological polar surface area (TPSA) is 57.5 Å². The molecule has 2 fully saturated rings. The fourth-order valence-electron chi connectivity index (χ4n) is 2.74. The molecule has 0 radical (unpaired) electrons. The van der Waals surface area contributed by atoms with Crippen molar-refractivity contribution in [2.45, 2.75) is 19.3 Å². The van der Waals surface area contributed by atoms with Gasteiger partial charge in [-0.3, -0.25) is 4.79 Å². The van der Waals surface area contributed by atoms with Gasteiger partial charge in [0.2, 0.25) is 0 Å². The van der Waals surface area contributed by atoms with E-state index in [4.69, 9.17) is 10.2 Å². The van der Waals surface area contributed by atoms with Crippen LogP contribution < -0.4 is 0 Å². The first-order chi connectivity index (χ1) is 5.22. The average Bonchev–Trinajstić information content (AvgIpc) is 2.44. The van der Waals surface area contributed by atoms with Gasteiger partial charge in [-0.15, -0.1) is 0 Å². The number of carbonyl (C=O) groups is 1. The van der Waals surface area contributed by atoms with Crippen LogP contribution in [0.2, 0.25) is 0 Å². The summed E-state index contributed by atoms with van der Waals surface area (Å²) in [5.74, 6) is -0.671. The van der Waals surface area contributed by atoms with Crippen LogP contribution in [0.1, 0.15) is 19.3 Å². The van der Waals surface area contributed by atoms with Crippen molar-refractivity contribution in [3.63, 3.8) is 0 Å². The minimum absolute atomic E-state index is 0.0641. The zero-order chi connectivity index (χ0) is 8.06. The summed E-state index contributed by atoms with van der Waals surface area (Å²) < 4.78 is 0. The first-order valence-electron chi connectivity index (χ1n) is 4.06. The lowest BCUT2D eigenvalue weighted by Gasteiger charge is -2.07. The van der Waals surface area contributed by atoms with Crippen molar-refractivity contribution in [3.8, 4) is 0 Å². The highest BCUT2D eigenvalue weighted by atomic mass is 16.4. The number of aliphatic hydroxyl groups is 1. The second-order valence-electron chi connectivity index (χ2n) is 3.71. The van der Waals surface area contributed by atoms with Crippen LogP contribution in [0.5, 0.6) is 0 Å². The number of fused-ring (bicyclic) bond motifs is 1. The Hall–Kier alpha value is -0.570. The molecule has 62 valence electrons. The van der Waals surface area contributed by atoms with E-state index in [0.717, 1.165) is 19.3 Å². The summed E-state index contributed by atoms with van der Waals surface area (Å²) in [6.07, 6.45) is 3.00. The molecule has 0 aromatic rings. The summed E-state index contributed by atoms with van der Waals surface area (Å²) in [4.78, 5) is 10.6. The smallest absolute Gasteiger partial charge is 0.307 e. The van der Waals surface area contributed by atoms with E-state index in [2.05, 4.69) is 0 Å². The fraction of sp³-hybridized carbons (Fsp3) is 0.875. The molecule has 0 amide bonds. The molecule has 0 saturated heterocycles. The van der Waals surface area contributed by atoms with Gasteiger partial charge in [-0.1, -0.05) is 6.42 Å². The predicted molar refractivity (Wildman–Crippen MR) is 38.0 cm³/mol. The molecule has 2 aliphatic rings. The number of aliphatic carboxylic acids is 1. The molecule has 0 spiro atoms. The van der Waals surface area contributed by atoms with Gasteiger partial charge < -0.3 is 10.2 Å². The molecule has 11 heavy (non-hydrogen) atoms. The lowest BCUT2D eigenvalue weighted by molar-refractivity contribution is -0.140. The maximum Gasteiger partial charge on any atom is 0.307 e. The first-order valence-corrected chi connectivity index (χ1v) is 4.06. The second kappa shape index (κ2) is 1.97. The van der Waals surface area contributed by atoms with Crippen molar-refractivity contribution in [3.05, 3.63) is 0 Å². The van der Waals surface area contributed by atoms with E-state index in [9.17, 15) is 4.79 Å². The summed E-state index contributed by atoms with van der Waals surface area (Å²) in [6, 6.07) is 0. The molecule has 0 aliphatic heterocycles. The van der Waals surface area contributed by atoms with Gasteiger partial charge in [0.25, 0.3) is 0 Å². The summed E-state index contributed by atoms with van der Waals surface area (Å²) in [7, 11) is 0. The van der Waals surface area contributed by atoms with Crippen molar-refractivity contribution in [1.82, 2.24) is 0 Å². The molecule has 2 saturated carbocycles. The number of carboxylic acids is 1. The number of aliphatic hydroxyl groups excluding tert-OH is 1. The molecule has 3 heteroatoms. The molecule has 3 nitrogen and oxygen atoms in total. The summed E-state index contributed by atoms with van der Waals surface area (Å²) in [5.41, 5.74) is -0.203. The van der Waals surface area contributed by atoms with Crippen LogP contribution >= 0.6 is 0 Å². The van der Waals surface area contributed by atoms with Crippen LogP contribution in [0.4, 0.5) is 0 Å². The van der Waals surface area contributed by atoms with Gasteiger partial charge in [0.15, 0.2) is 0 Å². The Morgan fingerprint density at radius 1 is 1.64 bits per heavy atom. The quantitative estimate of drug-likeness (QED) is 0.611. The van der Waals surface area contributed by atoms with Gasteiger partial charge >= 0.3 is 5.97 Å². The normalized spacial score (nSPS) is 47.0. The van der Waals surface area contributed by atoms with E-state index in [0.29, 0.717) is 0 Å². The molecule has 3 atom stereocenters. The van der Waals surface area contributed by atoms with E-state index in [1.807, 2.05) is 0 Å². The fourth-order valence-corrected chi connectivity index (χ4v) is 2.74. The first kappa shape index (κ1) is 7.10. The van der Waals surface area contributed by atoms with Crippen LogP contribution in [0.25, 0.3) is 0 Å². The minimum atomic E-state index is -0.719. The lowest BCUT2D eigenvalue weighted by atomic mass is 10.0. The maximum atomic E-state index is 10.6. The molecular weight excluding hydrogens is 144 g/mol. The third-order valence-corrected chi connectivity index (χ3v) is 3.37. The van der Waals surface area contributed by atoms with Crippen LogP contribution in [-0.4, -0.2) is 22.8 Å². The van der Waals surface area contributed by atoms with Gasteiger partial charge in [-0.2, -0.15) is 0 Å². The third kappa shape index (κ3) is 0.692. The molecule has 0 aromatic heterocycles. The van der Waals surface area contributed by atoms with Crippen LogP contribution in [0, 0.1) is 17.3 Å².